The van der Waals surface area contributed by atoms with E-state index in [9.17, 15) is 14.4 Å². The lowest BCUT2D eigenvalue weighted by atomic mass is 9.81. The second kappa shape index (κ2) is 4.66. The van der Waals surface area contributed by atoms with Crippen LogP contribution in [0.15, 0.2) is 24.3 Å². The zero-order chi connectivity index (χ0) is 15.4. The molecule has 2 aliphatic carbocycles. The summed E-state index contributed by atoms with van der Waals surface area (Å²) in [6.45, 7) is 1.32. The zero-order valence-corrected chi connectivity index (χ0v) is 12.3. The molecule has 3 fully saturated rings. The molecule has 2 bridgehead atoms. The number of esters is 1. The second-order valence-corrected chi connectivity index (χ2v) is 6.49. The van der Waals surface area contributed by atoms with Crippen molar-refractivity contribution in [3.8, 4) is 5.75 Å². The lowest BCUT2D eigenvalue weighted by Gasteiger charge is -2.19. The first-order valence-electron chi connectivity index (χ1n) is 7.72. The largest absolute Gasteiger partial charge is 0.427 e. The summed E-state index contributed by atoms with van der Waals surface area (Å²) in [6.07, 6.45) is 3.15. The Hall–Kier alpha value is -2.17. The number of hydrogen-bond donors (Lipinski definition) is 0. The average Bonchev–Trinajstić information content (AvgIpc) is 3.12. The van der Waals surface area contributed by atoms with E-state index in [0.717, 1.165) is 19.3 Å². The molecule has 22 heavy (non-hydrogen) atoms. The van der Waals surface area contributed by atoms with Gasteiger partial charge in [0, 0.05) is 13.0 Å². The number of carbonyl (C=O) groups excluding carboxylic acids is 3. The minimum Gasteiger partial charge on any atom is -0.427 e. The van der Waals surface area contributed by atoms with Gasteiger partial charge in [0.2, 0.25) is 11.8 Å². The van der Waals surface area contributed by atoms with Crippen LogP contribution in [0.4, 0.5) is 5.69 Å². The number of rotatable bonds is 2. The first kappa shape index (κ1) is 13.5. The maximum Gasteiger partial charge on any atom is 0.308 e. The highest BCUT2D eigenvalue weighted by atomic mass is 16.5. The molecule has 2 saturated carbocycles. The number of imide groups is 1. The van der Waals surface area contributed by atoms with Crippen LogP contribution in [0.5, 0.6) is 5.75 Å². The predicted molar refractivity (Wildman–Crippen MR) is 78.1 cm³/mol. The Kier molecular flexibility index (Phi) is 2.86. The SMILES string of the molecule is CC(=O)Oc1cccc(N2C(=O)[C@@H]3[C@@H]4CC[C@@H](C4)[C@@H]3C2=O)c1. The van der Waals surface area contributed by atoms with E-state index < -0.39 is 5.97 Å². The van der Waals surface area contributed by atoms with Gasteiger partial charge in [-0.1, -0.05) is 6.07 Å². The average molecular weight is 299 g/mol. The van der Waals surface area contributed by atoms with Crippen LogP contribution < -0.4 is 9.64 Å². The Bertz CT molecular complexity index is 655. The number of anilines is 1. The van der Waals surface area contributed by atoms with Crippen LogP contribution in [0.1, 0.15) is 26.2 Å². The van der Waals surface area contributed by atoms with Crippen molar-refractivity contribution in [1.29, 1.82) is 0 Å². The number of carbonyl (C=O) groups is 3. The smallest absolute Gasteiger partial charge is 0.308 e. The molecule has 5 nitrogen and oxygen atoms in total. The predicted octanol–water partition coefficient (Wildman–Crippen LogP) is 2.15. The number of benzene rings is 1. The van der Waals surface area contributed by atoms with Crippen molar-refractivity contribution >= 4 is 23.5 Å². The first-order chi connectivity index (χ1) is 10.6. The molecule has 5 heteroatoms. The first-order valence-corrected chi connectivity index (χ1v) is 7.72. The van der Waals surface area contributed by atoms with Gasteiger partial charge < -0.3 is 4.74 Å². The van der Waals surface area contributed by atoms with Gasteiger partial charge in [0.05, 0.1) is 17.5 Å². The third-order valence-corrected chi connectivity index (χ3v) is 5.26. The molecule has 1 saturated heterocycles. The fraction of sp³-hybridized carbons (Fsp3) is 0.471. The van der Waals surface area contributed by atoms with Crippen LogP contribution in [0.2, 0.25) is 0 Å². The maximum absolute atomic E-state index is 12.7. The van der Waals surface area contributed by atoms with Gasteiger partial charge >= 0.3 is 5.97 Å². The van der Waals surface area contributed by atoms with E-state index in [1.165, 1.54) is 11.8 Å². The summed E-state index contributed by atoms with van der Waals surface area (Å²) in [6, 6.07) is 6.63. The van der Waals surface area contributed by atoms with Gasteiger partial charge in [0.25, 0.3) is 0 Å². The van der Waals surface area contributed by atoms with Gasteiger partial charge in [0.15, 0.2) is 0 Å². The summed E-state index contributed by atoms with van der Waals surface area (Å²) in [7, 11) is 0. The zero-order valence-electron chi connectivity index (χ0n) is 12.3. The van der Waals surface area contributed by atoms with Crippen molar-refractivity contribution < 1.29 is 19.1 Å². The number of fused-ring (bicyclic) bond motifs is 5. The van der Waals surface area contributed by atoms with Crippen molar-refractivity contribution in [2.75, 3.05) is 4.90 Å². The van der Waals surface area contributed by atoms with Gasteiger partial charge in [-0.15, -0.1) is 0 Å². The number of ether oxygens (including phenoxy) is 1. The molecule has 114 valence electrons. The quantitative estimate of drug-likeness (QED) is 0.477. The maximum atomic E-state index is 12.7. The van der Waals surface area contributed by atoms with Crippen LogP contribution in [0, 0.1) is 23.7 Å². The van der Waals surface area contributed by atoms with Crippen LogP contribution in [-0.2, 0) is 14.4 Å². The third kappa shape index (κ3) is 1.81. The Morgan fingerprint density at radius 3 is 2.36 bits per heavy atom. The van der Waals surface area contributed by atoms with Gasteiger partial charge in [-0.2, -0.15) is 0 Å². The van der Waals surface area contributed by atoms with E-state index in [1.54, 1.807) is 24.3 Å². The topological polar surface area (TPSA) is 63.7 Å². The van der Waals surface area contributed by atoms with Crippen LogP contribution >= 0.6 is 0 Å². The Balaban J connectivity index is 1.67. The van der Waals surface area contributed by atoms with Gasteiger partial charge in [-0.3, -0.25) is 14.4 Å². The normalized spacial score (nSPS) is 32.5. The molecular weight excluding hydrogens is 282 g/mol. The number of hydrogen-bond acceptors (Lipinski definition) is 4. The summed E-state index contributed by atoms with van der Waals surface area (Å²) in [4.78, 5) is 37.8. The van der Waals surface area contributed by atoms with Gasteiger partial charge in [-0.25, -0.2) is 4.90 Å². The molecule has 2 amide bonds. The lowest BCUT2D eigenvalue weighted by Crippen LogP contribution is -2.32. The fourth-order valence-electron chi connectivity index (χ4n) is 4.52. The van der Waals surface area contributed by atoms with Gasteiger partial charge in [0.1, 0.15) is 5.75 Å². The summed E-state index contributed by atoms with van der Waals surface area (Å²) < 4.78 is 5.05. The fourth-order valence-corrected chi connectivity index (χ4v) is 4.52. The number of nitrogens with zero attached hydrogens (tertiary/aromatic N) is 1. The minimum atomic E-state index is -0.425. The molecular formula is C17H17NO4. The molecule has 0 N–H and O–H groups in total. The standard InChI is InChI=1S/C17H17NO4/c1-9(19)22-13-4-2-3-12(8-13)18-16(20)14-10-5-6-11(7-10)15(14)17(18)21/h2-4,8,10-11,14-15H,5-7H2,1H3/t10-,11+,14-,15+. The summed E-state index contributed by atoms with van der Waals surface area (Å²) in [5, 5.41) is 0. The monoisotopic (exact) mass is 299 g/mol. The molecule has 0 unspecified atom stereocenters. The van der Waals surface area contributed by atoms with E-state index in [1.807, 2.05) is 0 Å². The van der Waals surface area contributed by atoms with Crippen molar-refractivity contribution in [1.82, 2.24) is 0 Å². The molecule has 0 spiro atoms. The minimum absolute atomic E-state index is 0.0813. The molecule has 0 radical (unpaired) electrons. The highest BCUT2D eigenvalue weighted by Crippen LogP contribution is 2.56. The van der Waals surface area contributed by atoms with Crippen molar-refractivity contribution in [3.63, 3.8) is 0 Å². The van der Waals surface area contributed by atoms with Crippen molar-refractivity contribution in [2.45, 2.75) is 26.2 Å². The third-order valence-electron chi connectivity index (χ3n) is 5.26. The van der Waals surface area contributed by atoms with Crippen molar-refractivity contribution in [2.24, 2.45) is 23.7 Å². The van der Waals surface area contributed by atoms with E-state index in [-0.39, 0.29) is 23.7 Å². The lowest BCUT2D eigenvalue weighted by molar-refractivity contribution is -0.132. The van der Waals surface area contributed by atoms with Gasteiger partial charge in [-0.05, 0) is 43.2 Å². The Morgan fingerprint density at radius 1 is 1.14 bits per heavy atom. The molecule has 1 aliphatic heterocycles. The number of amides is 2. The molecule has 1 aromatic carbocycles. The van der Waals surface area contributed by atoms with E-state index in [0.29, 0.717) is 23.3 Å². The molecule has 1 heterocycles. The Labute approximate surface area is 128 Å². The summed E-state index contributed by atoms with van der Waals surface area (Å²) in [5.41, 5.74) is 0.502. The highest BCUT2D eigenvalue weighted by Gasteiger charge is 2.61. The molecule has 4 atom stereocenters. The summed E-state index contributed by atoms with van der Waals surface area (Å²) >= 11 is 0. The van der Waals surface area contributed by atoms with E-state index in [2.05, 4.69) is 0 Å². The van der Waals surface area contributed by atoms with Crippen molar-refractivity contribution in [3.05, 3.63) is 24.3 Å². The van der Waals surface area contributed by atoms with E-state index in [4.69, 9.17) is 4.74 Å². The van der Waals surface area contributed by atoms with Crippen LogP contribution in [0.3, 0.4) is 0 Å². The molecule has 0 aromatic heterocycles. The summed E-state index contributed by atoms with van der Waals surface area (Å²) in [5.74, 6) is 0.231. The highest BCUT2D eigenvalue weighted by molar-refractivity contribution is 6.22. The molecule has 4 rings (SSSR count). The van der Waals surface area contributed by atoms with E-state index >= 15 is 0 Å². The molecule has 3 aliphatic rings. The Morgan fingerprint density at radius 2 is 1.77 bits per heavy atom. The van der Waals surface area contributed by atoms with Crippen LogP contribution in [-0.4, -0.2) is 17.8 Å². The second-order valence-electron chi connectivity index (χ2n) is 6.49. The molecule has 1 aromatic rings. The van der Waals surface area contributed by atoms with Crippen LogP contribution in [0.25, 0.3) is 0 Å².